The lowest BCUT2D eigenvalue weighted by atomic mass is 10.2. The van der Waals surface area contributed by atoms with E-state index in [1.54, 1.807) is 12.1 Å². The number of anilines is 2. The molecule has 1 aliphatic heterocycles. The zero-order valence-electron chi connectivity index (χ0n) is 13.8. The quantitative estimate of drug-likeness (QED) is 0.925. The van der Waals surface area contributed by atoms with E-state index in [-0.39, 0.29) is 5.91 Å². The van der Waals surface area contributed by atoms with Crippen molar-refractivity contribution in [2.24, 2.45) is 0 Å². The van der Waals surface area contributed by atoms with Crippen LogP contribution < -0.4 is 10.2 Å². The van der Waals surface area contributed by atoms with Crippen molar-refractivity contribution in [3.63, 3.8) is 0 Å². The number of carbonyl (C=O) groups is 1. The summed E-state index contributed by atoms with van der Waals surface area (Å²) in [5, 5.41) is 3.44. The number of hydrogen-bond donors (Lipinski definition) is 1. The molecule has 126 valence electrons. The van der Waals surface area contributed by atoms with E-state index in [0.717, 1.165) is 37.6 Å². The predicted octanol–water partition coefficient (Wildman–Crippen LogP) is 2.44. The zero-order valence-corrected chi connectivity index (χ0v) is 14.5. The summed E-state index contributed by atoms with van der Waals surface area (Å²) in [6, 6.07) is 7.16. The monoisotopic (exact) mass is 345 g/mol. The predicted molar refractivity (Wildman–Crippen MR) is 95.9 cm³/mol. The Labute approximate surface area is 146 Å². The molecule has 1 aliphatic rings. The molecule has 24 heavy (non-hydrogen) atoms. The maximum Gasteiger partial charge on any atom is 0.274 e. The fraction of sp³-hybridized carbons (Fsp3) is 0.353. The second-order valence-corrected chi connectivity index (χ2v) is 6.38. The minimum Gasteiger partial charge on any atom is -0.354 e. The average Bonchev–Trinajstić information content (AvgIpc) is 2.59. The van der Waals surface area contributed by atoms with Crippen molar-refractivity contribution in [3.05, 3.63) is 46.9 Å². The van der Waals surface area contributed by atoms with Crippen molar-refractivity contribution in [2.75, 3.05) is 43.4 Å². The van der Waals surface area contributed by atoms with Gasteiger partial charge >= 0.3 is 0 Å². The van der Waals surface area contributed by atoms with E-state index in [2.05, 4.69) is 32.1 Å². The first kappa shape index (κ1) is 16.7. The Bertz CT molecular complexity index is 744. The third-order valence-electron chi connectivity index (χ3n) is 4.14. The Morgan fingerprint density at radius 1 is 1.17 bits per heavy atom. The van der Waals surface area contributed by atoms with Gasteiger partial charge < -0.3 is 15.1 Å². The van der Waals surface area contributed by atoms with Crippen LogP contribution in [-0.4, -0.2) is 54.0 Å². The molecule has 0 aliphatic carbocycles. The first-order valence-corrected chi connectivity index (χ1v) is 8.24. The number of rotatable bonds is 3. The number of aromatic nitrogens is 2. The minimum atomic E-state index is -0.271. The van der Waals surface area contributed by atoms with Crippen LogP contribution in [0.5, 0.6) is 0 Å². The van der Waals surface area contributed by atoms with Gasteiger partial charge in [0, 0.05) is 43.0 Å². The van der Waals surface area contributed by atoms with Crippen LogP contribution in [0.1, 0.15) is 16.1 Å². The molecular formula is C17H20ClN5O. The van der Waals surface area contributed by atoms with Crippen molar-refractivity contribution in [2.45, 2.75) is 6.92 Å². The Kier molecular flexibility index (Phi) is 4.97. The number of halogens is 1. The lowest BCUT2D eigenvalue weighted by Gasteiger charge is -2.33. The number of nitrogens with one attached hydrogen (secondary N) is 1. The summed E-state index contributed by atoms with van der Waals surface area (Å²) in [6.07, 6.45) is 1.44. The van der Waals surface area contributed by atoms with Crippen molar-refractivity contribution in [1.82, 2.24) is 14.9 Å². The van der Waals surface area contributed by atoms with Crippen LogP contribution >= 0.6 is 11.6 Å². The Balaban J connectivity index is 1.73. The summed E-state index contributed by atoms with van der Waals surface area (Å²) >= 11 is 6.09. The first-order chi connectivity index (χ1) is 11.5. The van der Waals surface area contributed by atoms with Crippen LogP contribution in [-0.2, 0) is 0 Å². The number of carbonyl (C=O) groups excluding carboxylic acids is 1. The highest BCUT2D eigenvalue weighted by Gasteiger charge is 2.17. The smallest absolute Gasteiger partial charge is 0.274 e. The molecule has 6 nitrogen and oxygen atoms in total. The third-order valence-corrected chi connectivity index (χ3v) is 4.55. The van der Waals surface area contributed by atoms with Gasteiger partial charge in [0.05, 0.1) is 0 Å². The Hall–Kier alpha value is -2.18. The molecule has 0 radical (unpaired) electrons. The molecule has 0 spiro atoms. The van der Waals surface area contributed by atoms with Gasteiger partial charge in [0.1, 0.15) is 17.8 Å². The highest BCUT2D eigenvalue weighted by molar-refractivity contribution is 6.31. The van der Waals surface area contributed by atoms with E-state index >= 15 is 0 Å². The maximum atomic E-state index is 12.4. The van der Waals surface area contributed by atoms with Crippen LogP contribution in [0.2, 0.25) is 5.02 Å². The molecule has 0 atom stereocenters. The second kappa shape index (κ2) is 7.15. The number of nitrogens with zero attached hydrogens (tertiary/aromatic N) is 4. The van der Waals surface area contributed by atoms with Crippen LogP contribution in [0, 0.1) is 6.92 Å². The van der Waals surface area contributed by atoms with Crippen molar-refractivity contribution in [1.29, 1.82) is 0 Å². The molecule has 1 N–H and O–H groups in total. The second-order valence-electron chi connectivity index (χ2n) is 5.97. The van der Waals surface area contributed by atoms with E-state index in [4.69, 9.17) is 11.6 Å². The van der Waals surface area contributed by atoms with Gasteiger partial charge in [-0.25, -0.2) is 9.97 Å². The van der Waals surface area contributed by atoms with E-state index in [0.29, 0.717) is 16.4 Å². The van der Waals surface area contributed by atoms with Gasteiger partial charge in [-0.05, 0) is 31.7 Å². The largest absolute Gasteiger partial charge is 0.354 e. The van der Waals surface area contributed by atoms with Crippen LogP contribution in [0.25, 0.3) is 0 Å². The topological polar surface area (TPSA) is 61.4 Å². The van der Waals surface area contributed by atoms with Crippen molar-refractivity contribution < 1.29 is 4.79 Å². The molecular weight excluding hydrogens is 326 g/mol. The highest BCUT2D eigenvalue weighted by Crippen LogP contribution is 2.21. The number of hydrogen-bond acceptors (Lipinski definition) is 5. The molecule has 0 unspecified atom stereocenters. The molecule has 3 rings (SSSR count). The summed E-state index contributed by atoms with van der Waals surface area (Å²) in [5.41, 5.74) is 1.96. The van der Waals surface area contributed by atoms with E-state index in [1.807, 2.05) is 19.1 Å². The first-order valence-electron chi connectivity index (χ1n) is 7.86. The Morgan fingerprint density at radius 3 is 2.62 bits per heavy atom. The summed E-state index contributed by atoms with van der Waals surface area (Å²) in [7, 11) is 2.10. The maximum absolute atomic E-state index is 12.4. The number of aryl methyl sites for hydroxylation is 1. The molecule has 0 bridgehead atoms. The van der Waals surface area contributed by atoms with Crippen molar-refractivity contribution in [3.8, 4) is 0 Å². The fourth-order valence-electron chi connectivity index (χ4n) is 2.55. The highest BCUT2D eigenvalue weighted by atomic mass is 35.5. The number of likely N-dealkylation sites (N-methyl/N-ethyl adjacent to an activating group) is 1. The molecule has 1 saturated heterocycles. The van der Waals surface area contributed by atoms with Gasteiger partial charge in [-0.2, -0.15) is 0 Å². The molecule has 2 aromatic rings. The lowest BCUT2D eigenvalue weighted by Crippen LogP contribution is -2.44. The molecule has 0 saturated carbocycles. The summed E-state index contributed by atoms with van der Waals surface area (Å²) in [5.74, 6) is 0.512. The third kappa shape index (κ3) is 3.83. The Morgan fingerprint density at radius 2 is 1.92 bits per heavy atom. The van der Waals surface area contributed by atoms with Crippen LogP contribution in [0.3, 0.4) is 0 Å². The molecule has 2 heterocycles. The summed E-state index contributed by atoms with van der Waals surface area (Å²) < 4.78 is 0. The number of benzene rings is 1. The van der Waals surface area contributed by atoms with Gasteiger partial charge in [0.25, 0.3) is 5.91 Å². The van der Waals surface area contributed by atoms with Crippen LogP contribution in [0.4, 0.5) is 11.5 Å². The van der Waals surface area contributed by atoms with E-state index in [9.17, 15) is 4.79 Å². The van der Waals surface area contributed by atoms with Gasteiger partial charge in [0.15, 0.2) is 0 Å². The standard InChI is InChI=1S/C17H20ClN5O/c1-12-3-4-13(9-14(12)18)21-17(24)15-10-16(20-11-19-15)23-7-5-22(2)6-8-23/h3-4,9-11H,5-8H2,1-2H3,(H,21,24). The van der Waals surface area contributed by atoms with E-state index in [1.165, 1.54) is 6.33 Å². The average molecular weight is 346 g/mol. The number of amides is 1. The minimum absolute atomic E-state index is 0.271. The molecule has 1 aromatic heterocycles. The number of piperazine rings is 1. The van der Waals surface area contributed by atoms with Gasteiger partial charge in [-0.3, -0.25) is 4.79 Å². The van der Waals surface area contributed by atoms with Crippen molar-refractivity contribution >= 4 is 29.0 Å². The summed E-state index contributed by atoms with van der Waals surface area (Å²) in [6.45, 7) is 5.66. The molecule has 1 aromatic carbocycles. The lowest BCUT2D eigenvalue weighted by molar-refractivity contribution is 0.102. The van der Waals surface area contributed by atoms with Gasteiger partial charge in [-0.15, -0.1) is 0 Å². The molecule has 7 heteroatoms. The SMILES string of the molecule is Cc1ccc(NC(=O)c2cc(N3CCN(C)CC3)ncn2)cc1Cl. The van der Waals surface area contributed by atoms with Gasteiger partial charge in [0.2, 0.25) is 0 Å². The fourth-order valence-corrected chi connectivity index (χ4v) is 2.73. The van der Waals surface area contributed by atoms with Gasteiger partial charge in [-0.1, -0.05) is 17.7 Å². The normalized spacial score (nSPS) is 15.4. The van der Waals surface area contributed by atoms with Crippen LogP contribution in [0.15, 0.2) is 30.6 Å². The molecule has 1 fully saturated rings. The molecule has 1 amide bonds. The zero-order chi connectivity index (χ0) is 17.1. The summed E-state index contributed by atoms with van der Waals surface area (Å²) in [4.78, 5) is 25.3. The van der Waals surface area contributed by atoms with E-state index < -0.39 is 0 Å².